The zero-order valence-corrected chi connectivity index (χ0v) is 12.0. The average molecular weight is 307 g/mol. The molecule has 0 spiro atoms. The Kier molecular flexibility index (Phi) is 4.64. The van der Waals surface area contributed by atoms with E-state index in [4.69, 9.17) is 9.52 Å². The molecule has 0 bridgehead atoms. The van der Waals surface area contributed by atoms with E-state index in [1.807, 2.05) is 0 Å². The average Bonchev–Trinajstić information content (AvgIpc) is 2.42. The predicted molar refractivity (Wildman–Crippen MR) is 78.4 cm³/mol. The molecule has 1 heterocycles. The van der Waals surface area contributed by atoms with E-state index in [1.165, 1.54) is 24.8 Å². The van der Waals surface area contributed by atoms with Crippen molar-refractivity contribution in [1.29, 1.82) is 0 Å². The van der Waals surface area contributed by atoms with Crippen molar-refractivity contribution >= 4 is 34.6 Å². The highest BCUT2D eigenvalue weighted by molar-refractivity contribution is 7.99. The van der Waals surface area contributed by atoms with Gasteiger partial charge in [-0.05, 0) is 6.07 Å². The first-order valence-corrected chi connectivity index (χ1v) is 7.11. The summed E-state index contributed by atoms with van der Waals surface area (Å²) in [7, 11) is 0. The van der Waals surface area contributed by atoms with Crippen molar-refractivity contribution in [3.05, 3.63) is 40.8 Å². The molecule has 1 unspecified atom stereocenters. The second-order valence-electron chi connectivity index (χ2n) is 4.33. The lowest BCUT2D eigenvalue weighted by atomic mass is 10.2. The van der Waals surface area contributed by atoms with Crippen molar-refractivity contribution in [2.24, 2.45) is 0 Å². The van der Waals surface area contributed by atoms with E-state index >= 15 is 0 Å². The number of carboxylic acid groups (broad SMARTS) is 1. The van der Waals surface area contributed by atoms with Gasteiger partial charge in [0.15, 0.2) is 0 Å². The molecular weight excluding hydrogens is 294 g/mol. The van der Waals surface area contributed by atoms with Crippen molar-refractivity contribution in [3.63, 3.8) is 0 Å². The summed E-state index contributed by atoms with van der Waals surface area (Å²) in [5, 5.41) is 12.1. The number of benzene rings is 1. The van der Waals surface area contributed by atoms with Gasteiger partial charge in [-0.25, -0.2) is 9.59 Å². The third kappa shape index (κ3) is 3.85. The predicted octanol–water partition coefficient (Wildman–Crippen LogP) is 1.47. The third-order valence-corrected chi connectivity index (χ3v) is 3.84. The number of rotatable bonds is 5. The van der Waals surface area contributed by atoms with Crippen LogP contribution in [0.2, 0.25) is 0 Å². The lowest BCUT2D eigenvalue weighted by molar-refractivity contribution is -0.140. The summed E-state index contributed by atoms with van der Waals surface area (Å²) in [6, 6.07) is 7.31. The first-order chi connectivity index (χ1) is 9.97. The van der Waals surface area contributed by atoms with Crippen LogP contribution in [0.4, 0.5) is 0 Å². The molecule has 6 nitrogen and oxygen atoms in total. The molecular formula is C14H13NO5S. The largest absolute Gasteiger partial charge is 0.480 e. The number of nitrogens with one attached hydrogen (secondary N) is 1. The molecule has 0 radical (unpaired) electrons. The molecule has 1 atom stereocenters. The fourth-order valence-corrected chi connectivity index (χ4v) is 2.87. The molecule has 2 N–H and O–H groups in total. The van der Waals surface area contributed by atoms with E-state index < -0.39 is 23.5 Å². The summed E-state index contributed by atoms with van der Waals surface area (Å²) < 4.78 is 5.07. The van der Waals surface area contributed by atoms with Crippen LogP contribution >= 0.6 is 11.8 Å². The minimum Gasteiger partial charge on any atom is -0.480 e. The van der Waals surface area contributed by atoms with Crippen molar-refractivity contribution in [2.75, 3.05) is 5.75 Å². The van der Waals surface area contributed by atoms with Crippen LogP contribution in [0.5, 0.6) is 0 Å². The third-order valence-electron chi connectivity index (χ3n) is 2.69. The summed E-state index contributed by atoms with van der Waals surface area (Å²) in [6.45, 7) is 1.26. The lowest BCUT2D eigenvalue weighted by Gasteiger charge is -2.13. The molecule has 0 saturated carbocycles. The lowest BCUT2D eigenvalue weighted by Crippen LogP contribution is -2.41. The van der Waals surface area contributed by atoms with E-state index in [0.717, 1.165) is 5.39 Å². The summed E-state index contributed by atoms with van der Waals surface area (Å²) in [5.41, 5.74) is -0.0542. The minimum absolute atomic E-state index is 0.113. The van der Waals surface area contributed by atoms with Crippen LogP contribution in [0, 0.1) is 0 Å². The quantitative estimate of drug-likeness (QED) is 0.641. The van der Waals surface area contributed by atoms with E-state index in [0.29, 0.717) is 10.5 Å². The van der Waals surface area contributed by atoms with Crippen LogP contribution in [0.3, 0.4) is 0 Å². The molecule has 2 rings (SSSR count). The number of carbonyl (C=O) groups excluding carboxylic acids is 1. The summed E-state index contributed by atoms with van der Waals surface area (Å²) >= 11 is 1.19. The highest BCUT2D eigenvalue weighted by Gasteiger charge is 2.19. The van der Waals surface area contributed by atoms with Gasteiger partial charge in [-0.3, -0.25) is 4.79 Å². The molecule has 0 aliphatic heterocycles. The number of carbonyl (C=O) groups is 2. The van der Waals surface area contributed by atoms with Crippen molar-refractivity contribution in [2.45, 2.75) is 17.9 Å². The number of fused-ring (bicyclic) bond motifs is 1. The number of thioether (sulfide) groups is 1. The van der Waals surface area contributed by atoms with Gasteiger partial charge < -0.3 is 14.8 Å². The smallest absolute Gasteiger partial charge is 0.337 e. The zero-order valence-electron chi connectivity index (χ0n) is 11.2. The monoisotopic (exact) mass is 307 g/mol. The normalized spacial score (nSPS) is 12.0. The second kappa shape index (κ2) is 6.45. The maximum absolute atomic E-state index is 11.5. The van der Waals surface area contributed by atoms with Crippen molar-refractivity contribution in [3.8, 4) is 0 Å². The highest BCUT2D eigenvalue weighted by Crippen LogP contribution is 2.26. The fourth-order valence-electron chi connectivity index (χ4n) is 1.79. The molecule has 1 amide bonds. The molecule has 110 valence electrons. The molecule has 0 fully saturated rings. The van der Waals surface area contributed by atoms with Gasteiger partial charge in [0.1, 0.15) is 11.6 Å². The fraction of sp³-hybridized carbons (Fsp3) is 0.214. The van der Waals surface area contributed by atoms with Gasteiger partial charge in [-0.15, -0.1) is 11.8 Å². The summed E-state index contributed by atoms with van der Waals surface area (Å²) in [5.74, 6) is -1.42. The number of aliphatic carboxylic acids is 1. The SMILES string of the molecule is CC(=O)NC(CSc1cc(=O)oc2ccccc12)C(=O)O. The number of carboxylic acids is 1. The summed E-state index contributed by atoms with van der Waals surface area (Å²) in [6.07, 6.45) is 0. The maximum atomic E-state index is 11.5. The highest BCUT2D eigenvalue weighted by atomic mass is 32.2. The Morgan fingerprint density at radius 1 is 1.38 bits per heavy atom. The molecule has 0 saturated heterocycles. The molecule has 0 aliphatic rings. The van der Waals surface area contributed by atoms with Gasteiger partial charge in [0.05, 0.1) is 0 Å². The standard InChI is InChI=1S/C14H13NO5S/c1-8(16)15-10(14(18)19)7-21-12-6-13(17)20-11-5-3-2-4-9(11)12/h2-6,10H,7H2,1H3,(H,15,16)(H,18,19). The molecule has 7 heteroatoms. The Morgan fingerprint density at radius 3 is 2.76 bits per heavy atom. The Labute approximate surface area is 124 Å². The van der Waals surface area contributed by atoms with Crippen LogP contribution < -0.4 is 10.9 Å². The van der Waals surface area contributed by atoms with E-state index in [1.54, 1.807) is 24.3 Å². The van der Waals surface area contributed by atoms with Crippen LogP contribution in [-0.2, 0) is 9.59 Å². The van der Waals surface area contributed by atoms with Gasteiger partial charge in [0, 0.05) is 29.0 Å². The second-order valence-corrected chi connectivity index (χ2v) is 5.39. The first-order valence-electron chi connectivity index (χ1n) is 6.13. The van der Waals surface area contributed by atoms with E-state index in [-0.39, 0.29) is 5.75 Å². The maximum Gasteiger partial charge on any atom is 0.337 e. The van der Waals surface area contributed by atoms with Crippen LogP contribution in [0.15, 0.2) is 44.4 Å². The number of amides is 1. The number of para-hydroxylation sites is 1. The molecule has 2 aromatic rings. The Balaban J connectivity index is 2.25. The van der Waals surface area contributed by atoms with Gasteiger partial charge in [-0.2, -0.15) is 0 Å². The van der Waals surface area contributed by atoms with Gasteiger partial charge in [0.2, 0.25) is 5.91 Å². The first kappa shape index (κ1) is 15.1. The minimum atomic E-state index is -1.12. The zero-order chi connectivity index (χ0) is 15.4. The van der Waals surface area contributed by atoms with Crippen LogP contribution in [0.25, 0.3) is 11.0 Å². The van der Waals surface area contributed by atoms with Crippen LogP contribution in [-0.4, -0.2) is 28.8 Å². The molecule has 1 aromatic carbocycles. The van der Waals surface area contributed by atoms with E-state index in [9.17, 15) is 14.4 Å². The Morgan fingerprint density at radius 2 is 2.10 bits per heavy atom. The topological polar surface area (TPSA) is 96.6 Å². The number of hydrogen-bond donors (Lipinski definition) is 2. The van der Waals surface area contributed by atoms with E-state index in [2.05, 4.69) is 5.32 Å². The molecule has 0 aliphatic carbocycles. The molecule has 21 heavy (non-hydrogen) atoms. The van der Waals surface area contributed by atoms with Gasteiger partial charge in [-0.1, -0.05) is 18.2 Å². The summed E-state index contributed by atoms with van der Waals surface area (Å²) in [4.78, 5) is 34.2. The Hall–Kier alpha value is -2.28. The van der Waals surface area contributed by atoms with Crippen molar-refractivity contribution < 1.29 is 19.1 Å². The van der Waals surface area contributed by atoms with Gasteiger partial charge in [0.25, 0.3) is 0 Å². The van der Waals surface area contributed by atoms with Crippen molar-refractivity contribution in [1.82, 2.24) is 5.32 Å². The Bertz CT molecular complexity index is 739. The van der Waals surface area contributed by atoms with Gasteiger partial charge >= 0.3 is 11.6 Å². The molecule has 1 aromatic heterocycles. The number of hydrogen-bond acceptors (Lipinski definition) is 5. The van der Waals surface area contributed by atoms with Crippen LogP contribution in [0.1, 0.15) is 6.92 Å².